The largest absolute Gasteiger partial charge is 0.327 e. The fraction of sp³-hybridized carbons (Fsp3) is 0.233. The first-order valence-electron chi connectivity index (χ1n) is 12.6. The number of aromatic nitrogens is 2. The highest BCUT2D eigenvalue weighted by Crippen LogP contribution is 2.33. The van der Waals surface area contributed by atoms with Crippen LogP contribution in [-0.4, -0.2) is 44.0 Å². The molecule has 1 heterocycles. The van der Waals surface area contributed by atoms with Crippen molar-refractivity contribution in [1.82, 2.24) is 14.7 Å². The molecule has 2 amide bonds. The Morgan fingerprint density at radius 2 is 1.67 bits per heavy atom. The van der Waals surface area contributed by atoms with Crippen molar-refractivity contribution in [3.05, 3.63) is 105 Å². The van der Waals surface area contributed by atoms with Gasteiger partial charge in [0.25, 0.3) is 11.6 Å². The molecule has 0 spiro atoms. The normalized spacial score (nSPS) is 10.9. The first-order chi connectivity index (χ1) is 18.6. The summed E-state index contributed by atoms with van der Waals surface area (Å²) in [5.74, 6) is -0.381. The molecule has 0 aliphatic rings. The number of anilines is 1. The van der Waals surface area contributed by atoms with E-state index in [2.05, 4.69) is 5.32 Å². The fourth-order valence-corrected chi connectivity index (χ4v) is 4.39. The van der Waals surface area contributed by atoms with Crippen molar-refractivity contribution < 1.29 is 14.5 Å². The minimum atomic E-state index is -0.516. The second-order valence-electron chi connectivity index (χ2n) is 9.76. The molecule has 0 fully saturated rings. The number of hydrogen-bond acceptors (Lipinski definition) is 5. The van der Waals surface area contributed by atoms with Crippen LogP contribution >= 0.6 is 0 Å². The number of nitro groups is 1. The zero-order valence-corrected chi connectivity index (χ0v) is 22.6. The van der Waals surface area contributed by atoms with Gasteiger partial charge in [0.2, 0.25) is 5.91 Å². The highest BCUT2D eigenvalue weighted by molar-refractivity contribution is 6.01. The van der Waals surface area contributed by atoms with Gasteiger partial charge in [-0.25, -0.2) is 4.68 Å². The molecule has 4 rings (SSSR count). The summed E-state index contributed by atoms with van der Waals surface area (Å²) in [7, 11) is 0. The van der Waals surface area contributed by atoms with Crippen LogP contribution in [-0.2, 0) is 4.79 Å². The summed E-state index contributed by atoms with van der Waals surface area (Å²) < 4.78 is 1.69. The van der Waals surface area contributed by atoms with Crippen LogP contribution < -0.4 is 5.32 Å². The lowest BCUT2D eigenvalue weighted by molar-refractivity contribution is -0.385. The molecule has 0 saturated heterocycles. The molecule has 1 N–H and O–H groups in total. The molecular formula is C30H31N5O4. The molecule has 0 saturated carbocycles. The Labute approximate surface area is 227 Å². The van der Waals surface area contributed by atoms with Crippen LogP contribution in [0.3, 0.4) is 0 Å². The van der Waals surface area contributed by atoms with E-state index in [1.165, 1.54) is 11.0 Å². The summed E-state index contributed by atoms with van der Waals surface area (Å²) in [5, 5.41) is 19.1. The van der Waals surface area contributed by atoms with Crippen LogP contribution in [0, 0.1) is 30.9 Å². The summed E-state index contributed by atoms with van der Waals surface area (Å²) in [6.07, 6.45) is 0. The third-order valence-corrected chi connectivity index (χ3v) is 6.51. The lowest BCUT2D eigenvalue weighted by Crippen LogP contribution is -2.42. The van der Waals surface area contributed by atoms with Gasteiger partial charge in [-0.2, -0.15) is 5.10 Å². The number of aryl methyl sites for hydroxylation is 3. The topological polar surface area (TPSA) is 110 Å². The van der Waals surface area contributed by atoms with Crippen molar-refractivity contribution >= 4 is 23.3 Å². The molecule has 0 aliphatic carbocycles. The van der Waals surface area contributed by atoms with Crippen LogP contribution in [0.4, 0.5) is 11.5 Å². The van der Waals surface area contributed by atoms with Crippen molar-refractivity contribution in [2.24, 2.45) is 0 Å². The van der Waals surface area contributed by atoms with Gasteiger partial charge in [-0.3, -0.25) is 19.7 Å². The first kappa shape index (κ1) is 27.3. The highest BCUT2D eigenvalue weighted by atomic mass is 16.6. The molecule has 200 valence electrons. The second-order valence-corrected chi connectivity index (χ2v) is 9.76. The van der Waals surface area contributed by atoms with Crippen molar-refractivity contribution in [1.29, 1.82) is 0 Å². The van der Waals surface area contributed by atoms with Gasteiger partial charge in [0.05, 0.1) is 16.3 Å². The van der Waals surface area contributed by atoms with E-state index < -0.39 is 16.7 Å². The zero-order chi connectivity index (χ0) is 28.3. The molecule has 9 nitrogen and oxygen atoms in total. The number of amides is 2. The highest BCUT2D eigenvalue weighted by Gasteiger charge is 2.26. The maximum Gasteiger partial charge on any atom is 0.273 e. The third-order valence-electron chi connectivity index (χ3n) is 6.51. The van der Waals surface area contributed by atoms with E-state index in [1.807, 2.05) is 68.4 Å². The molecule has 4 aromatic rings. The molecule has 3 aromatic carbocycles. The predicted octanol–water partition coefficient (Wildman–Crippen LogP) is 5.86. The van der Waals surface area contributed by atoms with Crippen LogP contribution in [0.2, 0.25) is 0 Å². The zero-order valence-electron chi connectivity index (χ0n) is 22.6. The van der Waals surface area contributed by atoms with Gasteiger partial charge in [0.15, 0.2) is 0 Å². The van der Waals surface area contributed by atoms with E-state index in [1.54, 1.807) is 37.6 Å². The third kappa shape index (κ3) is 5.87. The van der Waals surface area contributed by atoms with Gasteiger partial charge in [-0.1, -0.05) is 54.1 Å². The van der Waals surface area contributed by atoms with Crippen molar-refractivity contribution in [2.75, 3.05) is 11.9 Å². The smallest absolute Gasteiger partial charge is 0.273 e. The summed E-state index contributed by atoms with van der Waals surface area (Å²) >= 11 is 0. The Balaban J connectivity index is 1.68. The number of rotatable bonds is 8. The maximum absolute atomic E-state index is 13.5. The van der Waals surface area contributed by atoms with Crippen molar-refractivity contribution in [3.63, 3.8) is 0 Å². The van der Waals surface area contributed by atoms with E-state index >= 15 is 0 Å². The average molecular weight is 526 g/mol. The predicted molar refractivity (Wildman–Crippen MR) is 151 cm³/mol. The molecular weight excluding hydrogens is 494 g/mol. The van der Waals surface area contributed by atoms with Crippen LogP contribution in [0.5, 0.6) is 0 Å². The lowest BCUT2D eigenvalue weighted by Gasteiger charge is -2.26. The van der Waals surface area contributed by atoms with E-state index in [9.17, 15) is 19.7 Å². The van der Waals surface area contributed by atoms with Crippen LogP contribution in [0.1, 0.15) is 41.0 Å². The number of hydrogen-bond donors (Lipinski definition) is 1. The van der Waals surface area contributed by atoms with E-state index in [4.69, 9.17) is 5.10 Å². The van der Waals surface area contributed by atoms with E-state index in [-0.39, 0.29) is 23.8 Å². The van der Waals surface area contributed by atoms with Gasteiger partial charge < -0.3 is 10.2 Å². The minimum Gasteiger partial charge on any atom is -0.327 e. The molecule has 0 atom stereocenters. The fourth-order valence-electron chi connectivity index (χ4n) is 4.39. The van der Waals surface area contributed by atoms with Gasteiger partial charge in [0, 0.05) is 28.8 Å². The molecule has 0 unspecified atom stereocenters. The first-order valence-corrected chi connectivity index (χ1v) is 12.6. The molecule has 0 radical (unpaired) electrons. The number of carbonyl (C=O) groups is 2. The number of carbonyl (C=O) groups excluding carboxylic acids is 2. The summed E-state index contributed by atoms with van der Waals surface area (Å²) in [6.45, 7) is 8.84. The van der Waals surface area contributed by atoms with Crippen LogP contribution in [0.15, 0.2) is 72.8 Å². The maximum atomic E-state index is 13.5. The Morgan fingerprint density at radius 1 is 1.00 bits per heavy atom. The van der Waals surface area contributed by atoms with Crippen molar-refractivity contribution in [2.45, 2.75) is 40.7 Å². The standard InChI is InChI=1S/C30H31N5O4/c1-19(2)33(30(37)24-14-13-21(4)26(17-24)35(38)39)18-27(36)31-29-28(23-9-7-6-8-10-23)22(5)32-34(29)25-15-11-20(3)12-16-25/h6-17,19H,18H2,1-5H3,(H,31,36). The number of nitrogens with one attached hydrogen (secondary N) is 1. The molecule has 0 bridgehead atoms. The quantitative estimate of drug-likeness (QED) is 0.229. The SMILES string of the molecule is Cc1ccc(-n2nc(C)c(-c3ccccc3)c2NC(=O)CN(C(=O)c2ccc(C)c([N+](=O)[O-])c2)C(C)C)cc1. The number of nitrogens with zero attached hydrogens (tertiary/aromatic N) is 4. The van der Waals surface area contributed by atoms with Gasteiger partial charge in [-0.05, 0) is 58.4 Å². The van der Waals surface area contributed by atoms with Gasteiger partial charge in [-0.15, -0.1) is 0 Å². The molecule has 39 heavy (non-hydrogen) atoms. The minimum absolute atomic E-state index is 0.140. The Hall–Kier alpha value is -4.79. The second kappa shape index (κ2) is 11.3. The van der Waals surface area contributed by atoms with E-state index in [0.717, 1.165) is 28.1 Å². The monoisotopic (exact) mass is 525 g/mol. The Morgan fingerprint density at radius 3 is 2.28 bits per heavy atom. The summed E-state index contributed by atoms with van der Waals surface area (Å²) in [4.78, 5) is 39.1. The molecule has 9 heteroatoms. The Bertz CT molecular complexity index is 1530. The van der Waals surface area contributed by atoms with Crippen LogP contribution in [0.25, 0.3) is 16.8 Å². The summed E-state index contributed by atoms with van der Waals surface area (Å²) in [6, 6.07) is 21.5. The number of nitro benzene ring substituents is 1. The van der Waals surface area contributed by atoms with Crippen molar-refractivity contribution in [3.8, 4) is 16.8 Å². The average Bonchev–Trinajstić information content (AvgIpc) is 3.23. The van der Waals surface area contributed by atoms with Gasteiger partial charge in [0.1, 0.15) is 12.4 Å². The molecule has 0 aliphatic heterocycles. The van der Waals surface area contributed by atoms with Gasteiger partial charge >= 0.3 is 0 Å². The lowest BCUT2D eigenvalue weighted by atomic mass is 10.1. The summed E-state index contributed by atoms with van der Waals surface area (Å²) in [5.41, 5.74) is 4.76. The Kier molecular flexibility index (Phi) is 7.90. The number of benzene rings is 3. The van der Waals surface area contributed by atoms with E-state index in [0.29, 0.717) is 11.4 Å². The molecule has 1 aromatic heterocycles.